The summed E-state index contributed by atoms with van der Waals surface area (Å²) in [7, 11) is 4.28. The van der Waals surface area contributed by atoms with Crippen molar-refractivity contribution in [3.05, 3.63) is 88.2 Å². The van der Waals surface area contributed by atoms with Crippen LogP contribution in [0.2, 0.25) is 0 Å². The predicted octanol–water partition coefficient (Wildman–Crippen LogP) is 8.78. The third kappa shape index (κ3) is 9.88. The van der Waals surface area contributed by atoms with Crippen molar-refractivity contribution < 1.29 is 58.1 Å². The van der Waals surface area contributed by atoms with Gasteiger partial charge in [-0.15, -0.1) is 0 Å². The fourth-order valence-corrected chi connectivity index (χ4v) is 8.00. The van der Waals surface area contributed by atoms with Crippen LogP contribution in [0.15, 0.2) is 60.2 Å². The second kappa shape index (κ2) is 19.2. The highest BCUT2D eigenvalue weighted by Gasteiger charge is 2.48. The molecule has 5 atom stereocenters. The molecule has 0 spiro atoms. The van der Waals surface area contributed by atoms with Gasteiger partial charge in [-0.25, -0.2) is 4.39 Å². The summed E-state index contributed by atoms with van der Waals surface area (Å²) in [5.74, 6) is -3.29. The Morgan fingerprint density at radius 2 is 1.45 bits per heavy atom. The molecule has 4 N–H and O–H groups in total. The minimum absolute atomic E-state index is 0. The normalized spacial score (nSPS) is 18.1. The lowest BCUT2D eigenvalue weighted by Crippen LogP contribution is -2.66. The van der Waals surface area contributed by atoms with E-state index >= 15 is 4.79 Å². The maximum absolute atomic E-state index is 15.0. The van der Waals surface area contributed by atoms with Crippen LogP contribution in [0.4, 0.5) is 23.2 Å². The van der Waals surface area contributed by atoms with Crippen molar-refractivity contribution in [3.8, 4) is 17.2 Å². The summed E-state index contributed by atoms with van der Waals surface area (Å²) in [4.78, 5) is 57.2. The Hall–Kier alpha value is -5.60. The number of ether oxygens (including phenoxy) is 3. The number of hydrogen-bond donors (Lipinski definition) is 4. The third-order valence-electron chi connectivity index (χ3n) is 11.9. The van der Waals surface area contributed by atoms with E-state index in [4.69, 9.17) is 14.2 Å². The number of amides is 4. The van der Waals surface area contributed by atoms with E-state index in [-0.39, 0.29) is 67.6 Å². The van der Waals surface area contributed by atoms with Crippen LogP contribution in [0.25, 0.3) is 5.57 Å². The van der Waals surface area contributed by atoms with Crippen molar-refractivity contribution in [2.45, 2.75) is 103 Å². The molecule has 2 aliphatic rings. The van der Waals surface area contributed by atoms with E-state index in [0.717, 1.165) is 11.6 Å². The number of carbonyl (C=O) groups is 4. The van der Waals surface area contributed by atoms with Gasteiger partial charge in [-0.05, 0) is 71.9 Å². The molecule has 11 nitrogen and oxygen atoms in total. The van der Waals surface area contributed by atoms with Crippen LogP contribution < -0.4 is 35.5 Å². The molecule has 5 rings (SSSR count). The monoisotopic (exact) mass is 848 g/mol. The Balaban J connectivity index is 0.00000819. The molecule has 0 saturated heterocycles. The number of methoxy groups -OCH3 is 3. The number of anilines is 1. The smallest absolute Gasteiger partial charge is 0.416 e. The molecule has 2 unspecified atom stereocenters. The topological polar surface area (TPSA) is 144 Å². The van der Waals surface area contributed by atoms with E-state index in [1.165, 1.54) is 45.6 Å². The predicted molar refractivity (Wildman–Crippen MR) is 230 cm³/mol. The molecular formula is C45H64F4N4O7. The second-order valence-corrected chi connectivity index (χ2v) is 15.6. The lowest BCUT2D eigenvalue weighted by Gasteiger charge is -2.42. The van der Waals surface area contributed by atoms with Crippen molar-refractivity contribution in [2.24, 2.45) is 11.8 Å². The molecular weight excluding hydrogens is 785 g/mol. The highest BCUT2D eigenvalue weighted by molar-refractivity contribution is 6.03. The molecule has 0 aromatic heterocycles. The Labute approximate surface area is 355 Å². The molecule has 3 aromatic rings. The molecule has 0 saturated carbocycles. The van der Waals surface area contributed by atoms with Gasteiger partial charge in [0, 0.05) is 25.7 Å². The van der Waals surface area contributed by atoms with E-state index in [1.54, 1.807) is 38.1 Å². The maximum Gasteiger partial charge on any atom is 0.416 e. The van der Waals surface area contributed by atoms with Crippen LogP contribution in [0.5, 0.6) is 17.2 Å². The third-order valence-corrected chi connectivity index (χ3v) is 11.9. The molecule has 60 heavy (non-hydrogen) atoms. The van der Waals surface area contributed by atoms with Gasteiger partial charge in [0.15, 0.2) is 0 Å². The molecule has 0 fully saturated rings. The highest BCUT2D eigenvalue weighted by Crippen LogP contribution is 2.47. The summed E-state index contributed by atoms with van der Waals surface area (Å²) >= 11 is 0. The summed E-state index contributed by atoms with van der Waals surface area (Å²) in [5.41, 5.74) is -0.353. The highest BCUT2D eigenvalue weighted by atomic mass is 19.4. The van der Waals surface area contributed by atoms with Crippen molar-refractivity contribution in [2.75, 3.05) is 26.6 Å². The molecule has 334 valence electrons. The number of allylic oxidation sites excluding steroid dienone is 1. The van der Waals surface area contributed by atoms with E-state index < -0.39 is 70.6 Å². The molecule has 3 aromatic carbocycles. The van der Waals surface area contributed by atoms with E-state index in [1.807, 2.05) is 13.8 Å². The Bertz CT molecular complexity index is 2120. The largest absolute Gasteiger partial charge is 0.496 e. The van der Waals surface area contributed by atoms with Crippen molar-refractivity contribution >= 4 is 34.9 Å². The Kier molecular flexibility index (Phi) is 14.6. The standard InChI is InChI=1S/C45H54F4N4O7.5H2/c1-8-25(3)38(41(55)51-40-35(59-6)22-29(58-5)23-36(40)60-7)52-43(57)44(20-19-27-17-18-31-30(32(27)24-44)14-12-15-33(31)45(47,48)49)53-42(56)39(26(4)9-2)50-37(54)21-28-13-10-11-16-34(28)46;;;;;/h10-16,22-23,25-26,38-39H,8-9,17-21,24H2,1-7H3,(H,50,54)(H,51,55)(H,52,57)(H,53,56);5*1H/t25?,26?,38-,39-,44+;;;;;/m0...../s1. The quantitative estimate of drug-likeness (QED) is 0.106. The number of fused-ring (bicyclic) bond motifs is 2. The van der Waals surface area contributed by atoms with E-state index in [2.05, 4.69) is 21.3 Å². The van der Waals surface area contributed by atoms with Gasteiger partial charge < -0.3 is 35.5 Å². The Morgan fingerprint density at radius 1 is 0.817 bits per heavy atom. The summed E-state index contributed by atoms with van der Waals surface area (Å²) in [5, 5.41) is 11.5. The number of benzene rings is 3. The molecule has 0 bridgehead atoms. The van der Waals surface area contributed by atoms with Crippen molar-refractivity contribution in [3.63, 3.8) is 0 Å². The first-order valence-electron chi connectivity index (χ1n) is 20.2. The number of rotatable bonds is 16. The number of alkyl halides is 3. The van der Waals surface area contributed by atoms with Crippen LogP contribution in [-0.2, 0) is 38.2 Å². The molecule has 4 amide bonds. The van der Waals surface area contributed by atoms with Crippen LogP contribution >= 0.6 is 0 Å². The lowest BCUT2D eigenvalue weighted by molar-refractivity contribution is -0.138. The van der Waals surface area contributed by atoms with Gasteiger partial charge in [0.2, 0.25) is 23.6 Å². The van der Waals surface area contributed by atoms with E-state index in [0.29, 0.717) is 36.1 Å². The fourth-order valence-electron chi connectivity index (χ4n) is 8.00. The van der Waals surface area contributed by atoms with Gasteiger partial charge in [-0.1, -0.05) is 76.4 Å². The number of hydrogen-bond acceptors (Lipinski definition) is 7. The zero-order valence-electron chi connectivity index (χ0n) is 35.0. The van der Waals surface area contributed by atoms with Crippen LogP contribution in [0.3, 0.4) is 0 Å². The molecule has 2 aliphatic carbocycles. The molecule has 0 heterocycles. The number of halogens is 4. The van der Waals surface area contributed by atoms with Gasteiger partial charge in [-0.2, -0.15) is 13.2 Å². The van der Waals surface area contributed by atoms with E-state index in [9.17, 15) is 31.9 Å². The SMILES string of the molecule is CCC(C)[C@H](NC(=O)Cc1ccccc1F)C(=O)N[C@]1(C(=O)N[C@H](C(=O)Nc2c(OC)cc(OC)cc2OC)C(C)CC)CCC2=C(C1)c1cccc(C(F)(F)F)c1CC2.[HH].[HH].[HH].[HH].[HH]. The molecule has 15 heteroatoms. The summed E-state index contributed by atoms with van der Waals surface area (Å²) in [6.45, 7) is 7.20. The zero-order chi connectivity index (χ0) is 43.9. The summed E-state index contributed by atoms with van der Waals surface area (Å²) < 4.78 is 73.7. The van der Waals surface area contributed by atoms with Crippen molar-refractivity contribution in [1.29, 1.82) is 0 Å². The minimum Gasteiger partial charge on any atom is -0.496 e. The average Bonchev–Trinajstić information content (AvgIpc) is 3.23. The Morgan fingerprint density at radius 3 is 2.03 bits per heavy atom. The van der Waals surface area contributed by atoms with Crippen LogP contribution in [0, 0.1) is 17.7 Å². The summed E-state index contributed by atoms with van der Waals surface area (Å²) in [6.07, 6.45) is -3.42. The average molecular weight is 849 g/mol. The van der Waals surface area contributed by atoms with Crippen LogP contribution in [-0.4, -0.2) is 62.6 Å². The van der Waals surface area contributed by atoms with Gasteiger partial charge in [0.05, 0.1) is 33.3 Å². The first-order valence-corrected chi connectivity index (χ1v) is 20.2. The number of carbonyl (C=O) groups excluding carboxylic acids is 4. The van der Waals surface area contributed by atoms with Crippen molar-refractivity contribution in [1.82, 2.24) is 16.0 Å². The number of nitrogens with one attached hydrogen (secondary N) is 4. The maximum atomic E-state index is 15.0. The van der Waals surface area contributed by atoms with Gasteiger partial charge >= 0.3 is 6.18 Å². The summed E-state index contributed by atoms with van der Waals surface area (Å²) in [6, 6.07) is 10.5. The fraction of sp³-hybridized carbons (Fsp3) is 0.467. The molecule has 0 aliphatic heterocycles. The molecule has 0 radical (unpaired) electrons. The van der Waals surface area contributed by atoms with Gasteiger partial charge in [0.1, 0.15) is 46.4 Å². The minimum atomic E-state index is -4.61. The lowest BCUT2D eigenvalue weighted by atomic mass is 9.70. The second-order valence-electron chi connectivity index (χ2n) is 15.6. The first kappa shape index (κ1) is 45.5. The zero-order valence-corrected chi connectivity index (χ0v) is 35.0. The van der Waals surface area contributed by atoms with Crippen LogP contribution in [0.1, 0.15) is 95.6 Å². The van der Waals surface area contributed by atoms with Gasteiger partial charge in [0.25, 0.3) is 0 Å². The van der Waals surface area contributed by atoms with Gasteiger partial charge in [-0.3, -0.25) is 19.2 Å². The first-order chi connectivity index (χ1) is 28.5.